The van der Waals surface area contributed by atoms with Crippen LogP contribution in [0, 0.1) is 0 Å². The second-order valence-corrected chi connectivity index (χ2v) is 7.85. The van der Waals surface area contributed by atoms with E-state index in [4.69, 9.17) is 23.2 Å². The lowest BCUT2D eigenvalue weighted by molar-refractivity contribution is -0.113. The molecular weight excluding hydrogens is 397 g/mol. The number of amides is 1. The van der Waals surface area contributed by atoms with Crippen molar-refractivity contribution in [2.45, 2.75) is 5.75 Å². The molecular formula is C17H13Cl2N3OS2. The van der Waals surface area contributed by atoms with Crippen LogP contribution in [0.2, 0.25) is 10.0 Å². The Labute approximate surface area is 163 Å². The number of nitrogens with one attached hydrogen (secondary N) is 1. The van der Waals surface area contributed by atoms with Crippen LogP contribution < -0.4 is 5.32 Å². The number of hydrogen-bond acceptors (Lipinski definition) is 5. The zero-order chi connectivity index (χ0) is 17.6. The molecule has 1 heterocycles. The van der Waals surface area contributed by atoms with E-state index in [9.17, 15) is 4.79 Å². The highest BCUT2D eigenvalue weighted by molar-refractivity contribution is 7.99. The average Bonchev–Trinajstić information content (AvgIpc) is 3.07. The van der Waals surface area contributed by atoms with Crippen LogP contribution in [0.3, 0.4) is 0 Å². The van der Waals surface area contributed by atoms with Crippen molar-refractivity contribution in [3.8, 4) is 10.6 Å². The van der Waals surface area contributed by atoms with Gasteiger partial charge in [0.15, 0.2) is 0 Å². The first-order chi connectivity index (χ1) is 12.1. The second-order valence-electron chi connectivity index (χ2n) is 5.07. The fraction of sp³-hybridized carbons (Fsp3) is 0.118. The summed E-state index contributed by atoms with van der Waals surface area (Å²) in [5.74, 6) is 0.886. The number of anilines is 1. The molecule has 0 unspecified atom stereocenters. The highest BCUT2D eigenvalue weighted by atomic mass is 35.5. The van der Waals surface area contributed by atoms with Crippen molar-refractivity contribution < 1.29 is 4.79 Å². The Hall–Kier alpha value is -1.60. The third-order valence-electron chi connectivity index (χ3n) is 3.18. The Bertz CT molecular complexity index is 871. The van der Waals surface area contributed by atoms with Gasteiger partial charge in [0.2, 0.25) is 11.0 Å². The molecule has 1 amide bonds. The number of halogens is 2. The van der Waals surface area contributed by atoms with E-state index >= 15 is 0 Å². The van der Waals surface area contributed by atoms with Crippen LogP contribution >= 0.6 is 46.3 Å². The normalized spacial score (nSPS) is 10.6. The number of aromatic nitrogens is 2. The van der Waals surface area contributed by atoms with Gasteiger partial charge in [0, 0.05) is 11.3 Å². The first kappa shape index (κ1) is 18.2. The molecule has 3 aromatic rings. The number of nitrogens with zero attached hydrogens (tertiary/aromatic N) is 2. The molecule has 0 saturated heterocycles. The van der Waals surface area contributed by atoms with Crippen LogP contribution in [-0.4, -0.2) is 21.9 Å². The summed E-state index contributed by atoms with van der Waals surface area (Å²) in [6, 6.07) is 15.2. The molecule has 1 N–H and O–H groups in total. The standard InChI is InChI=1S/C17H13Cl2N3OS2/c18-13-7-6-11(8-14(13)19)9-24-10-15(23)20-17-22-21-16(25-17)12-4-2-1-3-5-12/h1-8H,9-10H2,(H,20,22,23). The van der Waals surface area contributed by atoms with Gasteiger partial charge in [-0.3, -0.25) is 10.1 Å². The highest BCUT2D eigenvalue weighted by Gasteiger charge is 2.10. The Kier molecular flexibility index (Phi) is 6.31. The van der Waals surface area contributed by atoms with E-state index in [1.54, 1.807) is 6.07 Å². The summed E-state index contributed by atoms with van der Waals surface area (Å²) in [6.45, 7) is 0. The minimum atomic E-state index is -0.110. The van der Waals surface area contributed by atoms with E-state index in [2.05, 4.69) is 15.5 Å². The molecule has 2 aromatic carbocycles. The number of benzene rings is 2. The molecule has 128 valence electrons. The summed E-state index contributed by atoms with van der Waals surface area (Å²) in [5.41, 5.74) is 2.00. The predicted octanol–water partition coefficient (Wildman–Crippen LogP) is 5.38. The summed E-state index contributed by atoms with van der Waals surface area (Å²) >= 11 is 14.7. The fourth-order valence-electron chi connectivity index (χ4n) is 2.02. The zero-order valence-corrected chi connectivity index (χ0v) is 16.1. The molecule has 0 spiro atoms. The van der Waals surface area contributed by atoms with Crippen molar-refractivity contribution in [2.75, 3.05) is 11.1 Å². The Morgan fingerprint density at radius 3 is 2.64 bits per heavy atom. The maximum atomic E-state index is 12.0. The first-order valence-electron chi connectivity index (χ1n) is 7.32. The maximum absolute atomic E-state index is 12.0. The quantitative estimate of drug-likeness (QED) is 0.593. The minimum Gasteiger partial charge on any atom is -0.300 e. The molecule has 25 heavy (non-hydrogen) atoms. The van der Waals surface area contributed by atoms with Crippen molar-refractivity contribution >= 4 is 57.3 Å². The molecule has 0 aliphatic rings. The molecule has 0 atom stereocenters. The van der Waals surface area contributed by atoms with Crippen molar-refractivity contribution in [2.24, 2.45) is 0 Å². The summed E-state index contributed by atoms with van der Waals surface area (Å²) in [5, 5.41) is 13.2. The molecule has 0 fully saturated rings. The average molecular weight is 410 g/mol. The molecule has 0 saturated carbocycles. The van der Waals surface area contributed by atoms with Crippen LogP contribution in [-0.2, 0) is 10.5 Å². The number of carbonyl (C=O) groups excluding carboxylic acids is 1. The van der Waals surface area contributed by atoms with E-state index in [0.29, 0.717) is 26.7 Å². The van der Waals surface area contributed by atoms with Crippen molar-refractivity contribution in [1.29, 1.82) is 0 Å². The fourth-order valence-corrected chi connectivity index (χ4v) is 3.88. The number of carbonyl (C=O) groups is 1. The van der Waals surface area contributed by atoms with Gasteiger partial charge >= 0.3 is 0 Å². The molecule has 0 bridgehead atoms. The van der Waals surface area contributed by atoms with E-state index in [1.165, 1.54) is 23.1 Å². The SMILES string of the molecule is O=C(CSCc1ccc(Cl)c(Cl)c1)Nc1nnc(-c2ccccc2)s1. The van der Waals surface area contributed by atoms with E-state index in [0.717, 1.165) is 16.1 Å². The molecule has 8 heteroatoms. The van der Waals surface area contributed by atoms with Gasteiger partial charge in [-0.25, -0.2) is 0 Å². The number of hydrogen-bond donors (Lipinski definition) is 1. The van der Waals surface area contributed by atoms with Gasteiger partial charge < -0.3 is 0 Å². The van der Waals surface area contributed by atoms with Crippen molar-refractivity contribution in [1.82, 2.24) is 10.2 Å². The Balaban J connectivity index is 1.49. The van der Waals surface area contributed by atoms with Gasteiger partial charge in [0.05, 0.1) is 15.8 Å². The van der Waals surface area contributed by atoms with Crippen molar-refractivity contribution in [3.05, 3.63) is 64.1 Å². The Morgan fingerprint density at radius 1 is 1.08 bits per heavy atom. The molecule has 4 nitrogen and oxygen atoms in total. The molecule has 0 aliphatic carbocycles. The van der Waals surface area contributed by atoms with Gasteiger partial charge in [-0.2, -0.15) is 0 Å². The zero-order valence-electron chi connectivity index (χ0n) is 12.9. The summed E-state index contributed by atoms with van der Waals surface area (Å²) < 4.78 is 0. The van der Waals surface area contributed by atoms with E-state index in [-0.39, 0.29) is 5.91 Å². The van der Waals surface area contributed by atoms with Crippen LogP contribution in [0.15, 0.2) is 48.5 Å². The van der Waals surface area contributed by atoms with Crippen LogP contribution in [0.1, 0.15) is 5.56 Å². The topological polar surface area (TPSA) is 54.9 Å². The van der Waals surface area contributed by atoms with Gasteiger partial charge in [-0.1, -0.05) is 70.9 Å². The smallest absolute Gasteiger partial charge is 0.236 e. The van der Waals surface area contributed by atoms with Crippen LogP contribution in [0.4, 0.5) is 5.13 Å². The van der Waals surface area contributed by atoms with E-state index in [1.807, 2.05) is 42.5 Å². The summed E-state index contributed by atoms with van der Waals surface area (Å²) in [4.78, 5) is 12.0. The second kappa shape index (κ2) is 8.67. The molecule has 0 aliphatic heterocycles. The molecule has 1 aromatic heterocycles. The summed E-state index contributed by atoms with van der Waals surface area (Å²) in [7, 11) is 0. The lowest BCUT2D eigenvalue weighted by atomic mass is 10.2. The van der Waals surface area contributed by atoms with Gasteiger partial charge in [0.1, 0.15) is 5.01 Å². The Morgan fingerprint density at radius 2 is 1.88 bits per heavy atom. The number of thioether (sulfide) groups is 1. The third-order valence-corrected chi connectivity index (χ3v) is 5.81. The van der Waals surface area contributed by atoms with E-state index < -0.39 is 0 Å². The number of rotatable bonds is 6. The third kappa shape index (κ3) is 5.19. The highest BCUT2D eigenvalue weighted by Crippen LogP contribution is 2.27. The maximum Gasteiger partial charge on any atom is 0.236 e. The lowest BCUT2D eigenvalue weighted by Gasteiger charge is -2.03. The van der Waals surface area contributed by atoms with Gasteiger partial charge in [-0.15, -0.1) is 22.0 Å². The monoisotopic (exact) mass is 409 g/mol. The lowest BCUT2D eigenvalue weighted by Crippen LogP contribution is -2.13. The van der Waals surface area contributed by atoms with Crippen LogP contribution in [0.25, 0.3) is 10.6 Å². The minimum absolute atomic E-state index is 0.110. The van der Waals surface area contributed by atoms with Gasteiger partial charge in [0.25, 0.3) is 0 Å². The van der Waals surface area contributed by atoms with Gasteiger partial charge in [-0.05, 0) is 17.7 Å². The van der Waals surface area contributed by atoms with Crippen LogP contribution in [0.5, 0.6) is 0 Å². The molecule has 3 rings (SSSR count). The predicted molar refractivity (Wildman–Crippen MR) is 107 cm³/mol. The first-order valence-corrected chi connectivity index (χ1v) is 10.0. The molecule has 0 radical (unpaired) electrons. The largest absolute Gasteiger partial charge is 0.300 e. The summed E-state index contributed by atoms with van der Waals surface area (Å²) in [6.07, 6.45) is 0. The van der Waals surface area contributed by atoms with Crippen molar-refractivity contribution in [3.63, 3.8) is 0 Å².